The number of carboxylic acid groups (broad SMARTS) is 1. The molecule has 11 heteroatoms. The molecule has 3 heterocycles. The summed E-state index contributed by atoms with van der Waals surface area (Å²) >= 11 is 14.3. The summed E-state index contributed by atoms with van der Waals surface area (Å²) in [7, 11) is 0. The summed E-state index contributed by atoms with van der Waals surface area (Å²) in [6.07, 6.45) is 4.87. The Balaban J connectivity index is 1.13. The molecule has 39 heavy (non-hydrogen) atoms. The number of rotatable bonds is 5. The molecule has 2 saturated carbocycles. The standard InChI is InChI=1S/C28H24Cl2FN3O4S/c29-16-2-1-3-17(30)20(16)23-21(24(38-33-23)14-4-5-14)28(37)12-27(13-28)6-8-34(9-7-27)26-32-22-18(31)10-15(25(35)36)11-19(22)39-26/h1-3,10-11,14,37H,4-9,12-13H2,(H,35,36). The van der Waals surface area contributed by atoms with Gasteiger partial charge in [-0.05, 0) is 68.2 Å². The van der Waals surface area contributed by atoms with Crippen LogP contribution >= 0.6 is 34.5 Å². The molecule has 0 bridgehead atoms. The summed E-state index contributed by atoms with van der Waals surface area (Å²) in [5, 5.41) is 27.2. The second kappa shape index (κ2) is 8.89. The van der Waals surface area contributed by atoms with E-state index in [9.17, 15) is 19.4 Å². The van der Waals surface area contributed by atoms with E-state index in [1.165, 1.54) is 17.4 Å². The van der Waals surface area contributed by atoms with E-state index in [4.69, 9.17) is 27.7 Å². The molecule has 0 amide bonds. The molecule has 3 aliphatic rings. The van der Waals surface area contributed by atoms with E-state index in [1.807, 2.05) is 0 Å². The SMILES string of the molecule is O=C(O)c1cc(F)c2nc(N3CCC4(CC3)CC(O)(c3c(-c5c(Cl)cccc5Cl)noc3C3CC3)C4)sc2c1. The summed E-state index contributed by atoms with van der Waals surface area (Å²) in [5.41, 5.74) is 0.837. The number of piperidine rings is 1. The Morgan fingerprint density at radius 1 is 1.15 bits per heavy atom. The maximum atomic E-state index is 14.5. The third-order valence-corrected chi connectivity index (χ3v) is 10.1. The lowest BCUT2D eigenvalue weighted by atomic mass is 9.53. The first-order valence-corrected chi connectivity index (χ1v) is 14.5. The molecule has 2 aromatic carbocycles. The number of thiazole rings is 1. The van der Waals surface area contributed by atoms with E-state index in [0.717, 1.165) is 43.1 Å². The topological polar surface area (TPSA) is 99.7 Å². The number of benzene rings is 2. The average molecular weight is 588 g/mol. The maximum absolute atomic E-state index is 14.5. The molecular formula is C28H24Cl2FN3O4S. The zero-order chi connectivity index (χ0) is 27.1. The zero-order valence-corrected chi connectivity index (χ0v) is 23.0. The molecule has 3 fully saturated rings. The second-order valence-corrected chi connectivity index (χ2v) is 12.9. The molecule has 4 aromatic rings. The van der Waals surface area contributed by atoms with Crippen LogP contribution in [0.3, 0.4) is 0 Å². The third kappa shape index (κ3) is 4.13. The van der Waals surface area contributed by atoms with Gasteiger partial charge in [0.25, 0.3) is 0 Å². The van der Waals surface area contributed by atoms with Crippen molar-refractivity contribution in [3.05, 3.63) is 63.1 Å². The van der Waals surface area contributed by atoms with Crippen LogP contribution in [0.4, 0.5) is 9.52 Å². The van der Waals surface area contributed by atoms with Gasteiger partial charge in [0.2, 0.25) is 0 Å². The fraction of sp³-hybridized carbons (Fsp3) is 0.393. The van der Waals surface area contributed by atoms with Crippen molar-refractivity contribution < 1.29 is 23.9 Å². The van der Waals surface area contributed by atoms with Gasteiger partial charge in [0.15, 0.2) is 10.9 Å². The van der Waals surface area contributed by atoms with E-state index >= 15 is 0 Å². The predicted octanol–water partition coefficient (Wildman–Crippen LogP) is 7.24. The van der Waals surface area contributed by atoms with Crippen LogP contribution in [-0.4, -0.2) is 39.4 Å². The second-order valence-electron chi connectivity index (χ2n) is 11.1. The fourth-order valence-corrected chi connectivity index (χ4v) is 8.05. The Bertz CT molecular complexity index is 1610. The lowest BCUT2D eigenvalue weighted by Gasteiger charge is -2.56. The third-order valence-electron chi connectivity index (χ3n) is 8.45. The van der Waals surface area contributed by atoms with E-state index in [0.29, 0.717) is 57.1 Å². The van der Waals surface area contributed by atoms with Crippen molar-refractivity contribution in [3.8, 4) is 11.3 Å². The zero-order valence-electron chi connectivity index (χ0n) is 20.7. The van der Waals surface area contributed by atoms with Gasteiger partial charge in [-0.25, -0.2) is 14.2 Å². The number of carbonyl (C=O) groups is 1. The lowest BCUT2D eigenvalue weighted by Crippen LogP contribution is -2.55. The fourth-order valence-electron chi connectivity index (χ4n) is 6.40. The highest BCUT2D eigenvalue weighted by atomic mass is 35.5. The summed E-state index contributed by atoms with van der Waals surface area (Å²) in [6, 6.07) is 7.78. The number of hydrogen-bond donors (Lipinski definition) is 2. The first kappa shape index (κ1) is 25.3. The minimum absolute atomic E-state index is 0.0384. The highest BCUT2D eigenvalue weighted by Gasteiger charge is 2.58. The van der Waals surface area contributed by atoms with Crippen LogP contribution in [0.25, 0.3) is 21.5 Å². The Labute approximate surface area is 237 Å². The molecular weight excluding hydrogens is 564 g/mol. The lowest BCUT2D eigenvalue weighted by molar-refractivity contribution is -0.145. The Morgan fingerprint density at radius 3 is 2.49 bits per heavy atom. The average Bonchev–Trinajstić information content (AvgIpc) is 3.47. The largest absolute Gasteiger partial charge is 0.478 e. The van der Waals surface area contributed by atoms with Crippen LogP contribution in [-0.2, 0) is 5.60 Å². The van der Waals surface area contributed by atoms with Gasteiger partial charge in [0.1, 0.15) is 17.0 Å². The molecule has 2 N–H and O–H groups in total. The smallest absolute Gasteiger partial charge is 0.335 e. The van der Waals surface area contributed by atoms with Gasteiger partial charge in [-0.15, -0.1) is 0 Å². The predicted molar refractivity (Wildman–Crippen MR) is 147 cm³/mol. The van der Waals surface area contributed by atoms with Gasteiger partial charge < -0.3 is 19.6 Å². The van der Waals surface area contributed by atoms with Gasteiger partial charge in [-0.3, -0.25) is 0 Å². The van der Waals surface area contributed by atoms with Crippen molar-refractivity contribution >= 4 is 55.9 Å². The van der Waals surface area contributed by atoms with E-state index < -0.39 is 17.4 Å². The van der Waals surface area contributed by atoms with Gasteiger partial charge in [-0.1, -0.05) is 45.8 Å². The molecule has 202 valence electrons. The number of aromatic carboxylic acids is 1. The first-order valence-electron chi connectivity index (χ1n) is 12.9. The molecule has 0 atom stereocenters. The van der Waals surface area contributed by atoms with E-state index in [1.54, 1.807) is 18.2 Å². The van der Waals surface area contributed by atoms with Gasteiger partial charge >= 0.3 is 5.97 Å². The number of aromatic nitrogens is 2. The number of carboxylic acids is 1. The van der Waals surface area contributed by atoms with Crippen LogP contribution in [0.15, 0.2) is 34.9 Å². The van der Waals surface area contributed by atoms with Gasteiger partial charge in [0, 0.05) is 24.6 Å². The molecule has 0 radical (unpaired) electrons. The van der Waals surface area contributed by atoms with Crippen LogP contribution in [0, 0.1) is 11.2 Å². The summed E-state index contributed by atoms with van der Waals surface area (Å²) in [5.74, 6) is -0.792. The van der Waals surface area contributed by atoms with Crippen molar-refractivity contribution in [1.82, 2.24) is 10.1 Å². The highest BCUT2D eigenvalue weighted by Crippen LogP contribution is 2.63. The number of aliphatic hydroxyl groups is 1. The summed E-state index contributed by atoms with van der Waals surface area (Å²) < 4.78 is 20.8. The number of halogens is 3. The number of anilines is 1. The molecule has 7 nitrogen and oxygen atoms in total. The van der Waals surface area contributed by atoms with Crippen molar-refractivity contribution in [2.45, 2.75) is 50.0 Å². The van der Waals surface area contributed by atoms with Crippen molar-refractivity contribution in [2.75, 3.05) is 18.0 Å². The molecule has 1 saturated heterocycles. The number of nitrogens with zero attached hydrogens (tertiary/aromatic N) is 3. The van der Waals surface area contributed by atoms with Crippen molar-refractivity contribution in [3.63, 3.8) is 0 Å². The van der Waals surface area contributed by atoms with Crippen molar-refractivity contribution in [2.24, 2.45) is 5.41 Å². The minimum atomic E-state index is -1.17. The summed E-state index contributed by atoms with van der Waals surface area (Å²) in [6.45, 7) is 1.43. The van der Waals surface area contributed by atoms with Gasteiger partial charge in [0.05, 0.1) is 31.5 Å². The Hall–Kier alpha value is -2.72. The molecule has 2 aliphatic carbocycles. The molecule has 0 unspecified atom stereocenters. The Morgan fingerprint density at radius 2 is 1.85 bits per heavy atom. The minimum Gasteiger partial charge on any atom is -0.478 e. The van der Waals surface area contributed by atoms with Crippen LogP contribution in [0.2, 0.25) is 10.0 Å². The molecule has 7 rings (SSSR count). The quantitative estimate of drug-likeness (QED) is 0.254. The Kier molecular flexibility index (Phi) is 5.76. The van der Waals surface area contributed by atoms with E-state index in [2.05, 4.69) is 15.0 Å². The molecule has 1 spiro atoms. The first-order chi connectivity index (χ1) is 18.7. The van der Waals surface area contributed by atoms with Crippen LogP contribution in [0.5, 0.6) is 0 Å². The molecule has 1 aliphatic heterocycles. The number of fused-ring (bicyclic) bond motifs is 1. The van der Waals surface area contributed by atoms with Crippen LogP contribution < -0.4 is 4.90 Å². The highest BCUT2D eigenvalue weighted by molar-refractivity contribution is 7.22. The van der Waals surface area contributed by atoms with E-state index in [-0.39, 0.29) is 22.4 Å². The normalized spacial score (nSPS) is 19.9. The van der Waals surface area contributed by atoms with Gasteiger partial charge in [-0.2, -0.15) is 0 Å². The maximum Gasteiger partial charge on any atom is 0.335 e. The monoisotopic (exact) mass is 587 g/mol. The van der Waals surface area contributed by atoms with Crippen molar-refractivity contribution in [1.29, 1.82) is 0 Å². The molecule has 2 aromatic heterocycles. The van der Waals surface area contributed by atoms with Crippen LogP contribution in [0.1, 0.15) is 66.1 Å². The summed E-state index contributed by atoms with van der Waals surface area (Å²) in [4.78, 5) is 17.9. The number of hydrogen-bond acceptors (Lipinski definition) is 7.